The number of sulfone groups is 1. The van der Waals surface area contributed by atoms with Gasteiger partial charge < -0.3 is 9.64 Å². The van der Waals surface area contributed by atoms with E-state index < -0.39 is 9.84 Å². The second kappa shape index (κ2) is 7.74. The van der Waals surface area contributed by atoms with Crippen LogP contribution in [0.1, 0.15) is 12.0 Å². The second-order valence-electron chi connectivity index (χ2n) is 6.98. The highest BCUT2D eigenvalue weighted by atomic mass is 32.2. The number of piperazine rings is 1. The average Bonchev–Trinajstić information content (AvgIpc) is 2.94. The van der Waals surface area contributed by atoms with Crippen LogP contribution in [0.2, 0.25) is 0 Å². The molecule has 0 radical (unpaired) electrons. The molecular formula is C18H26N2O4S. The number of ether oxygens (including phenoxy) is 1. The number of methoxy groups -OCH3 is 1. The molecule has 0 aliphatic carbocycles. The van der Waals surface area contributed by atoms with Gasteiger partial charge in [0.05, 0.1) is 25.0 Å². The molecule has 0 aromatic heterocycles. The first kappa shape index (κ1) is 18.2. The third-order valence-corrected chi connectivity index (χ3v) is 6.89. The molecule has 0 bridgehead atoms. The van der Waals surface area contributed by atoms with Crippen LogP contribution >= 0.6 is 0 Å². The van der Waals surface area contributed by atoms with Gasteiger partial charge in [0.15, 0.2) is 9.84 Å². The van der Waals surface area contributed by atoms with Gasteiger partial charge in [0.2, 0.25) is 5.91 Å². The SMILES string of the molecule is COc1cccc(CC(=O)N2CCN(CC3CCS(=O)(=O)C3)CC2)c1. The highest BCUT2D eigenvalue weighted by Gasteiger charge is 2.30. The molecule has 0 spiro atoms. The van der Waals surface area contributed by atoms with Crippen LogP contribution in [0.3, 0.4) is 0 Å². The summed E-state index contributed by atoms with van der Waals surface area (Å²) >= 11 is 0. The summed E-state index contributed by atoms with van der Waals surface area (Å²) in [5.41, 5.74) is 0.961. The van der Waals surface area contributed by atoms with Crippen molar-refractivity contribution in [1.29, 1.82) is 0 Å². The molecule has 1 aromatic rings. The Morgan fingerprint density at radius 3 is 2.64 bits per heavy atom. The zero-order valence-electron chi connectivity index (χ0n) is 14.7. The molecule has 1 atom stereocenters. The van der Waals surface area contributed by atoms with Crippen LogP contribution in [-0.2, 0) is 21.1 Å². The van der Waals surface area contributed by atoms with Crippen LogP contribution < -0.4 is 4.74 Å². The van der Waals surface area contributed by atoms with Crippen LogP contribution in [0.25, 0.3) is 0 Å². The van der Waals surface area contributed by atoms with E-state index in [1.807, 2.05) is 29.2 Å². The molecule has 3 rings (SSSR count). The van der Waals surface area contributed by atoms with Gasteiger partial charge in [-0.25, -0.2) is 8.42 Å². The third-order valence-electron chi connectivity index (χ3n) is 5.06. The Bertz CT molecular complexity index is 712. The summed E-state index contributed by atoms with van der Waals surface area (Å²) in [6, 6.07) is 7.61. The van der Waals surface area contributed by atoms with Gasteiger partial charge in [0.1, 0.15) is 5.75 Å². The Kier molecular flexibility index (Phi) is 5.64. The first-order valence-electron chi connectivity index (χ1n) is 8.79. The standard InChI is InChI=1S/C18H26N2O4S/c1-24-17-4-2-3-15(11-17)12-18(21)20-8-6-19(7-9-20)13-16-5-10-25(22,23)14-16/h2-4,11,16H,5-10,12-14H2,1H3. The minimum absolute atomic E-state index is 0.136. The molecular weight excluding hydrogens is 340 g/mol. The van der Waals surface area contributed by atoms with Crippen LogP contribution in [0.5, 0.6) is 5.75 Å². The largest absolute Gasteiger partial charge is 0.497 e. The smallest absolute Gasteiger partial charge is 0.227 e. The summed E-state index contributed by atoms with van der Waals surface area (Å²) in [5, 5.41) is 0. The molecule has 2 fully saturated rings. The summed E-state index contributed by atoms with van der Waals surface area (Å²) in [7, 11) is -1.19. The van der Waals surface area contributed by atoms with Crippen LogP contribution in [0.4, 0.5) is 0 Å². The summed E-state index contributed by atoms with van der Waals surface area (Å²) in [5.74, 6) is 1.81. The van der Waals surface area contributed by atoms with Gasteiger partial charge in [-0.2, -0.15) is 0 Å². The van der Waals surface area contributed by atoms with Gasteiger partial charge in [-0.1, -0.05) is 12.1 Å². The molecule has 138 valence electrons. The summed E-state index contributed by atoms with van der Waals surface area (Å²) in [4.78, 5) is 16.7. The quantitative estimate of drug-likeness (QED) is 0.772. The van der Waals surface area contributed by atoms with E-state index in [9.17, 15) is 13.2 Å². The van der Waals surface area contributed by atoms with Gasteiger partial charge in [0, 0.05) is 32.7 Å². The van der Waals surface area contributed by atoms with Crippen molar-refractivity contribution in [3.05, 3.63) is 29.8 Å². The molecule has 1 unspecified atom stereocenters. The lowest BCUT2D eigenvalue weighted by Crippen LogP contribution is -2.50. The number of rotatable bonds is 5. The Morgan fingerprint density at radius 1 is 1.24 bits per heavy atom. The Morgan fingerprint density at radius 2 is 2.00 bits per heavy atom. The normalized spacial score (nSPS) is 23.6. The molecule has 2 aliphatic rings. The van der Waals surface area contributed by atoms with Crippen LogP contribution in [-0.4, -0.2) is 75.5 Å². The fourth-order valence-corrected chi connectivity index (χ4v) is 5.48. The minimum Gasteiger partial charge on any atom is -0.497 e. The van der Waals surface area contributed by atoms with E-state index in [1.165, 1.54) is 0 Å². The van der Waals surface area contributed by atoms with E-state index in [-0.39, 0.29) is 11.8 Å². The van der Waals surface area contributed by atoms with Gasteiger partial charge in [-0.05, 0) is 30.0 Å². The average molecular weight is 366 g/mol. The zero-order valence-corrected chi connectivity index (χ0v) is 15.5. The minimum atomic E-state index is -2.81. The number of benzene rings is 1. The Balaban J connectivity index is 1.46. The van der Waals surface area contributed by atoms with Gasteiger partial charge in [0.25, 0.3) is 0 Å². The van der Waals surface area contributed by atoms with E-state index in [4.69, 9.17) is 4.74 Å². The molecule has 2 heterocycles. The maximum atomic E-state index is 12.5. The predicted octanol–water partition coefficient (Wildman–Crippen LogP) is 0.817. The second-order valence-corrected chi connectivity index (χ2v) is 9.21. The van der Waals surface area contributed by atoms with Crippen LogP contribution in [0.15, 0.2) is 24.3 Å². The number of hydrogen-bond donors (Lipinski definition) is 0. The van der Waals surface area contributed by atoms with Crippen molar-refractivity contribution in [2.24, 2.45) is 5.92 Å². The molecule has 2 saturated heterocycles. The van der Waals surface area contributed by atoms with E-state index >= 15 is 0 Å². The van der Waals surface area contributed by atoms with E-state index in [1.54, 1.807) is 7.11 Å². The Labute approximate surface area is 149 Å². The number of carbonyl (C=O) groups is 1. The number of hydrogen-bond acceptors (Lipinski definition) is 5. The summed E-state index contributed by atoms with van der Waals surface area (Å²) in [6.45, 7) is 3.89. The van der Waals surface area contributed by atoms with Gasteiger partial charge in [-0.3, -0.25) is 9.69 Å². The molecule has 6 nitrogen and oxygen atoms in total. The first-order chi connectivity index (χ1) is 11.9. The fraction of sp³-hybridized carbons (Fsp3) is 0.611. The molecule has 0 saturated carbocycles. The van der Waals surface area contributed by atoms with Crippen molar-refractivity contribution in [3.8, 4) is 5.75 Å². The number of carbonyl (C=O) groups excluding carboxylic acids is 1. The van der Waals surface area contributed by atoms with Crippen molar-refractivity contribution in [1.82, 2.24) is 9.80 Å². The molecule has 2 aliphatic heterocycles. The van der Waals surface area contributed by atoms with Crippen LogP contribution in [0, 0.1) is 5.92 Å². The summed E-state index contributed by atoms with van der Waals surface area (Å²) < 4.78 is 28.3. The van der Waals surface area contributed by atoms with Crippen molar-refractivity contribution in [2.45, 2.75) is 12.8 Å². The maximum Gasteiger partial charge on any atom is 0.227 e. The van der Waals surface area contributed by atoms with Gasteiger partial charge in [-0.15, -0.1) is 0 Å². The van der Waals surface area contributed by atoms with Crippen molar-refractivity contribution in [3.63, 3.8) is 0 Å². The Hall–Kier alpha value is -1.60. The third kappa shape index (κ3) is 4.95. The highest BCUT2D eigenvalue weighted by Crippen LogP contribution is 2.20. The van der Waals surface area contributed by atoms with E-state index in [0.29, 0.717) is 31.0 Å². The molecule has 0 N–H and O–H groups in total. The topological polar surface area (TPSA) is 66.9 Å². The molecule has 1 amide bonds. The lowest BCUT2D eigenvalue weighted by molar-refractivity contribution is -0.132. The fourth-order valence-electron chi connectivity index (χ4n) is 3.63. The highest BCUT2D eigenvalue weighted by molar-refractivity contribution is 7.91. The van der Waals surface area contributed by atoms with Crippen molar-refractivity contribution in [2.75, 3.05) is 51.3 Å². The first-order valence-corrected chi connectivity index (χ1v) is 10.6. The lowest BCUT2D eigenvalue weighted by atomic mass is 10.1. The van der Waals surface area contributed by atoms with E-state index in [2.05, 4.69) is 4.90 Å². The number of nitrogens with zero attached hydrogens (tertiary/aromatic N) is 2. The molecule has 7 heteroatoms. The lowest BCUT2D eigenvalue weighted by Gasteiger charge is -2.35. The maximum absolute atomic E-state index is 12.5. The molecule has 1 aromatic carbocycles. The number of amides is 1. The van der Waals surface area contributed by atoms with E-state index in [0.717, 1.165) is 37.4 Å². The summed E-state index contributed by atoms with van der Waals surface area (Å²) in [6.07, 6.45) is 1.16. The predicted molar refractivity (Wildman–Crippen MR) is 96.5 cm³/mol. The molecule has 25 heavy (non-hydrogen) atoms. The zero-order chi connectivity index (χ0) is 17.9. The van der Waals surface area contributed by atoms with Crippen molar-refractivity contribution < 1.29 is 17.9 Å². The van der Waals surface area contributed by atoms with Gasteiger partial charge >= 0.3 is 0 Å². The van der Waals surface area contributed by atoms with Crippen molar-refractivity contribution >= 4 is 15.7 Å². The monoisotopic (exact) mass is 366 g/mol.